The van der Waals surface area contributed by atoms with Gasteiger partial charge in [0.05, 0.1) is 18.6 Å². The van der Waals surface area contributed by atoms with Crippen molar-refractivity contribution in [1.29, 1.82) is 0 Å². The number of amides is 1. The third-order valence-electron chi connectivity index (χ3n) is 6.94. The fourth-order valence-electron chi connectivity index (χ4n) is 5.04. The number of benzene rings is 3. The molecule has 44 heavy (non-hydrogen) atoms. The number of nitrogens with zero attached hydrogens (tertiary/aromatic N) is 1. The van der Waals surface area contributed by atoms with Gasteiger partial charge in [-0.25, -0.2) is 8.78 Å². The number of rotatable bonds is 12. The second-order valence-electron chi connectivity index (χ2n) is 10.5. The molecule has 0 aliphatic heterocycles. The molecule has 2 atom stereocenters. The van der Waals surface area contributed by atoms with E-state index in [1.165, 1.54) is 30.3 Å². The van der Waals surface area contributed by atoms with E-state index in [1.54, 1.807) is 30.3 Å². The summed E-state index contributed by atoms with van der Waals surface area (Å²) in [7, 11) is 0. The summed E-state index contributed by atoms with van der Waals surface area (Å²) in [5.74, 6) is -2.38. The van der Waals surface area contributed by atoms with Crippen LogP contribution in [-0.2, 0) is 11.3 Å². The summed E-state index contributed by atoms with van der Waals surface area (Å²) in [6, 6.07) is 20.8. The maximum absolute atomic E-state index is 14.0. The molecule has 1 heterocycles. The summed E-state index contributed by atoms with van der Waals surface area (Å²) < 4.78 is 29.3. The number of nitrogens with one attached hydrogen (secondary N) is 1. The third-order valence-corrected chi connectivity index (χ3v) is 6.94. The second-order valence-corrected chi connectivity index (χ2v) is 10.5. The first-order valence-corrected chi connectivity index (χ1v) is 13.9. The van der Waals surface area contributed by atoms with Gasteiger partial charge >= 0.3 is 35.5 Å². The molecule has 4 aromatic rings. The summed E-state index contributed by atoms with van der Waals surface area (Å²) >= 11 is 0. The number of aromatic nitrogens is 1. The number of carbonyl (C=O) groups is 2. The Morgan fingerprint density at radius 1 is 0.864 bits per heavy atom. The van der Waals surface area contributed by atoms with Crippen LogP contribution < -0.4 is 5.32 Å². The molecule has 0 bridgehead atoms. The van der Waals surface area contributed by atoms with E-state index >= 15 is 0 Å². The van der Waals surface area contributed by atoms with E-state index < -0.39 is 36.3 Å². The summed E-state index contributed by atoms with van der Waals surface area (Å²) in [6.45, 7) is 3.96. The van der Waals surface area contributed by atoms with Crippen molar-refractivity contribution in [3.05, 3.63) is 114 Å². The number of carbonyl (C=O) groups excluding carboxylic acids is 1. The molecular formula is C34H35F2N2NaO5. The number of carboxylic acids is 1. The molecule has 3 aromatic carbocycles. The molecule has 4 N–H and O–H groups in total. The quantitative estimate of drug-likeness (QED) is 0.157. The standard InChI is InChI=1S/C34H34F2N2O5.Na.H/c1-21(2)38-29(17-16-27(39)18-28(40)19-30(41)42)31(24-10-14-26(36)15-11-24)32(23-6-4-3-5-7-23)33(38)34(43)37-20-22-8-12-25(35)13-9-22;;/h3-17,21,27-28,39-40H,18-20H2,1-2H3,(H,37,43)(H,41,42);;/b17-16+;;/t27-,28-;;/m1../s1. The normalized spacial score (nSPS) is 12.6. The number of aliphatic hydroxyl groups excluding tert-OH is 2. The van der Waals surface area contributed by atoms with Crippen molar-refractivity contribution in [2.45, 2.75) is 51.5 Å². The summed E-state index contributed by atoms with van der Waals surface area (Å²) in [5.41, 5.74) is 4.19. The fraction of sp³-hybridized carbons (Fsp3) is 0.235. The van der Waals surface area contributed by atoms with Crippen molar-refractivity contribution in [3.8, 4) is 22.3 Å². The van der Waals surface area contributed by atoms with Crippen LogP contribution in [-0.4, -0.2) is 73.5 Å². The van der Waals surface area contributed by atoms with Crippen molar-refractivity contribution in [2.24, 2.45) is 0 Å². The molecule has 0 fully saturated rings. The van der Waals surface area contributed by atoms with Gasteiger partial charge in [-0.3, -0.25) is 9.59 Å². The molecule has 4 rings (SSSR count). The Morgan fingerprint density at radius 2 is 1.43 bits per heavy atom. The van der Waals surface area contributed by atoms with Crippen LogP contribution in [0.25, 0.3) is 28.3 Å². The monoisotopic (exact) mass is 612 g/mol. The average molecular weight is 613 g/mol. The second kappa shape index (κ2) is 15.9. The number of aliphatic carboxylic acids is 1. The average Bonchev–Trinajstić information content (AvgIpc) is 3.31. The van der Waals surface area contributed by atoms with Crippen LogP contribution >= 0.6 is 0 Å². The van der Waals surface area contributed by atoms with E-state index in [-0.39, 0.29) is 54.4 Å². The van der Waals surface area contributed by atoms with Crippen molar-refractivity contribution < 1.29 is 33.7 Å². The summed E-state index contributed by atoms with van der Waals surface area (Å²) in [5, 5.41) is 32.6. The van der Waals surface area contributed by atoms with Gasteiger partial charge in [-0.2, -0.15) is 0 Å². The molecule has 1 amide bonds. The molecule has 0 saturated heterocycles. The number of carboxylic acid groups (broad SMARTS) is 1. The van der Waals surface area contributed by atoms with E-state index in [9.17, 15) is 28.6 Å². The van der Waals surface area contributed by atoms with E-state index in [4.69, 9.17) is 5.11 Å². The Bertz CT molecular complexity index is 1590. The molecule has 10 heteroatoms. The first-order valence-electron chi connectivity index (χ1n) is 13.9. The van der Waals surface area contributed by atoms with Gasteiger partial charge in [-0.05, 0) is 60.9 Å². The van der Waals surface area contributed by atoms with Crippen molar-refractivity contribution in [3.63, 3.8) is 0 Å². The van der Waals surface area contributed by atoms with Gasteiger partial charge in [-0.1, -0.05) is 60.7 Å². The maximum atomic E-state index is 14.0. The van der Waals surface area contributed by atoms with Gasteiger partial charge in [0.1, 0.15) is 17.3 Å². The molecule has 0 spiro atoms. The Morgan fingerprint density at radius 3 is 2.00 bits per heavy atom. The Kier molecular flexibility index (Phi) is 12.6. The van der Waals surface area contributed by atoms with E-state index in [2.05, 4.69) is 5.32 Å². The van der Waals surface area contributed by atoms with E-state index in [1.807, 2.05) is 48.7 Å². The van der Waals surface area contributed by atoms with Crippen LogP contribution in [0, 0.1) is 11.6 Å². The van der Waals surface area contributed by atoms with Crippen molar-refractivity contribution in [2.75, 3.05) is 0 Å². The van der Waals surface area contributed by atoms with Crippen LogP contribution in [0.15, 0.2) is 84.9 Å². The molecule has 0 saturated carbocycles. The number of hydrogen-bond donors (Lipinski definition) is 4. The van der Waals surface area contributed by atoms with Crippen LogP contribution in [0.1, 0.15) is 54.5 Å². The molecule has 0 radical (unpaired) electrons. The topological polar surface area (TPSA) is 112 Å². The predicted octanol–water partition coefficient (Wildman–Crippen LogP) is 5.56. The van der Waals surface area contributed by atoms with E-state index in [0.29, 0.717) is 33.6 Å². The first kappa shape index (κ1) is 34.9. The molecule has 0 aliphatic carbocycles. The van der Waals surface area contributed by atoms with Crippen LogP contribution in [0.4, 0.5) is 8.78 Å². The summed E-state index contributed by atoms with van der Waals surface area (Å²) in [6.07, 6.45) is -0.0558. The van der Waals surface area contributed by atoms with Gasteiger partial charge in [0, 0.05) is 35.8 Å². The van der Waals surface area contributed by atoms with Gasteiger partial charge in [-0.15, -0.1) is 0 Å². The zero-order chi connectivity index (χ0) is 31.1. The minimum atomic E-state index is -1.25. The fourth-order valence-corrected chi connectivity index (χ4v) is 5.04. The van der Waals surface area contributed by atoms with Crippen molar-refractivity contribution in [1.82, 2.24) is 9.88 Å². The Hall–Kier alpha value is -3.60. The zero-order valence-corrected chi connectivity index (χ0v) is 23.9. The van der Waals surface area contributed by atoms with Gasteiger partial charge < -0.3 is 25.2 Å². The molecule has 0 aliphatic rings. The number of hydrogen-bond acceptors (Lipinski definition) is 4. The molecule has 1 aromatic heterocycles. The summed E-state index contributed by atoms with van der Waals surface area (Å²) in [4.78, 5) is 25.0. The van der Waals surface area contributed by atoms with Crippen molar-refractivity contribution >= 4 is 47.5 Å². The van der Waals surface area contributed by atoms with E-state index in [0.717, 1.165) is 5.56 Å². The molecule has 7 nitrogen and oxygen atoms in total. The van der Waals surface area contributed by atoms with Crippen LogP contribution in [0.2, 0.25) is 0 Å². The van der Waals surface area contributed by atoms with Gasteiger partial charge in [0.2, 0.25) is 0 Å². The number of aliphatic hydroxyl groups is 2. The third kappa shape index (κ3) is 8.74. The molecular weight excluding hydrogens is 577 g/mol. The molecule has 226 valence electrons. The SMILES string of the molecule is CC(C)n1c(/C=C/[C@@H](O)C[C@@H](O)CC(=O)O)c(-c2ccc(F)cc2)c(-c2ccccc2)c1C(=O)NCc1ccc(F)cc1.[NaH]. The van der Waals surface area contributed by atoms with Gasteiger partial charge in [0.25, 0.3) is 5.91 Å². The van der Waals surface area contributed by atoms with Crippen LogP contribution in [0.5, 0.6) is 0 Å². The Balaban J connectivity index is 0.00000529. The predicted molar refractivity (Wildman–Crippen MR) is 168 cm³/mol. The Labute approximate surface area is 277 Å². The van der Waals surface area contributed by atoms with Crippen LogP contribution in [0.3, 0.4) is 0 Å². The minimum absolute atomic E-state index is 0. The van der Waals surface area contributed by atoms with Gasteiger partial charge in [0.15, 0.2) is 0 Å². The zero-order valence-electron chi connectivity index (χ0n) is 23.9. The first-order chi connectivity index (χ1) is 20.5. The molecule has 0 unspecified atom stereocenters. The number of halogens is 2.